The van der Waals surface area contributed by atoms with E-state index >= 15 is 0 Å². The van der Waals surface area contributed by atoms with E-state index in [9.17, 15) is 9.59 Å². The van der Waals surface area contributed by atoms with Crippen LogP contribution in [0, 0.1) is 5.41 Å². The van der Waals surface area contributed by atoms with Gasteiger partial charge in [-0.1, -0.05) is 44.2 Å². The Morgan fingerprint density at radius 2 is 2.00 bits per heavy atom. The Hall–Kier alpha value is -1.66. The molecule has 6 heteroatoms. The summed E-state index contributed by atoms with van der Waals surface area (Å²) in [5.41, 5.74) is 1.73. The quantitative estimate of drug-likeness (QED) is 0.778. The lowest BCUT2D eigenvalue weighted by Gasteiger charge is -2.26. The van der Waals surface area contributed by atoms with Crippen LogP contribution in [-0.2, 0) is 17.6 Å². The van der Waals surface area contributed by atoms with Crippen LogP contribution in [0.1, 0.15) is 48.1 Å². The molecule has 0 spiro atoms. The van der Waals surface area contributed by atoms with Gasteiger partial charge in [0.25, 0.3) is 0 Å². The molecule has 1 heterocycles. The van der Waals surface area contributed by atoms with Gasteiger partial charge in [0, 0.05) is 11.3 Å². The fourth-order valence-electron chi connectivity index (χ4n) is 2.99. The summed E-state index contributed by atoms with van der Waals surface area (Å²) in [5.74, 6) is 1.06. The SMILES string of the molecule is CCSc1ccc(CC(=O)Nc2nc3c(s2)C(=O)CC(C)(C)C3)cc1. The van der Waals surface area contributed by atoms with Crippen LogP contribution in [0.25, 0.3) is 0 Å². The average Bonchev–Trinajstić information content (AvgIpc) is 2.90. The van der Waals surface area contributed by atoms with E-state index in [1.807, 2.05) is 24.3 Å². The molecule has 0 radical (unpaired) electrons. The van der Waals surface area contributed by atoms with Crippen LogP contribution < -0.4 is 5.32 Å². The number of amides is 1. The van der Waals surface area contributed by atoms with Crippen LogP contribution in [0.2, 0.25) is 0 Å². The number of carbonyl (C=O) groups excluding carboxylic acids is 2. The first kappa shape index (κ1) is 18.1. The van der Waals surface area contributed by atoms with Crippen LogP contribution in [0.3, 0.4) is 0 Å². The van der Waals surface area contributed by atoms with Crippen molar-refractivity contribution in [2.45, 2.75) is 44.9 Å². The molecule has 25 heavy (non-hydrogen) atoms. The van der Waals surface area contributed by atoms with Gasteiger partial charge in [-0.3, -0.25) is 9.59 Å². The first-order chi connectivity index (χ1) is 11.9. The highest BCUT2D eigenvalue weighted by molar-refractivity contribution is 7.99. The number of hydrogen-bond acceptors (Lipinski definition) is 5. The summed E-state index contributed by atoms with van der Waals surface area (Å²) in [6.07, 6.45) is 1.62. The molecule has 1 aromatic heterocycles. The summed E-state index contributed by atoms with van der Waals surface area (Å²) in [7, 11) is 0. The van der Waals surface area contributed by atoms with Gasteiger partial charge in [0.05, 0.1) is 17.0 Å². The van der Waals surface area contributed by atoms with E-state index in [0.717, 1.165) is 23.4 Å². The number of aromatic nitrogens is 1. The van der Waals surface area contributed by atoms with Crippen LogP contribution in [0.15, 0.2) is 29.2 Å². The van der Waals surface area contributed by atoms with Crippen molar-refractivity contribution in [2.24, 2.45) is 5.41 Å². The Kier molecular flexibility index (Phi) is 5.29. The van der Waals surface area contributed by atoms with Gasteiger partial charge in [-0.25, -0.2) is 4.98 Å². The first-order valence-corrected chi connectivity index (χ1v) is 10.2. The van der Waals surface area contributed by atoms with Gasteiger partial charge in [-0.05, 0) is 35.3 Å². The number of thiazole rings is 1. The van der Waals surface area contributed by atoms with Gasteiger partial charge in [0.2, 0.25) is 5.91 Å². The zero-order valence-electron chi connectivity index (χ0n) is 14.7. The summed E-state index contributed by atoms with van der Waals surface area (Å²) in [6, 6.07) is 8.05. The van der Waals surface area contributed by atoms with Crippen molar-refractivity contribution in [1.82, 2.24) is 4.98 Å². The molecule has 2 aromatic rings. The standard InChI is InChI=1S/C19H22N2O2S2/c1-4-24-13-7-5-12(6-8-13)9-16(23)21-18-20-14-10-19(2,3)11-15(22)17(14)25-18/h5-8H,4,9-11H2,1-3H3,(H,20,21,23). The lowest BCUT2D eigenvalue weighted by molar-refractivity contribution is -0.115. The largest absolute Gasteiger partial charge is 0.302 e. The minimum Gasteiger partial charge on any atom is -0.302 e. The number of ketones is 1. The van der Waals surface area contributed by atoms with E-state index in [2.05, 4.69) is 31.1 Å². The van der Waals surface area contributed by atoms with E-state index in [1.54, 1.807) is 11.8 Å². The molecule has 1 aromatic carbocycles. The molecule has 0 saturated heterocycles. The molecule has 0 fully saturated rings. The van der Waals surface area contributed by atoms with Gasteiger partial charge in [0.1, 0.15) is 0 Å². The number of benzene rings is 1. The highest BCUT2D eigenvalue weighted by Crippen LogP contribution is 2.38. The number of fused-ring (bicyclic) bond motifs is 1. The summed E-state index contributed by atoms with van der Waals surface area (Å²) in [6.45, 7) is 6.27. The molecule has 1 N–H and O–H groups in total. The van der Waals surface area contributed by atoms with Crippen molar-refractivity contribution in [3.63, 3.8) is 0 Å². The lowest BCUT2D eigenvalue weighted by atomic mass is 9.78. The molecular formula is C19H22N2O2S2. The number of hydrogen-bond donors (Lipinski definition) is 1. The number of thioether (sulfide) groups is 1. The highest BCUT2D eigenvalue weighted by Gasteiger charge is 2.34. The third kappa shape index (κ3) is 4.50. The maximum atomic E-state index is 12.3. The predicted molar refractivity (Wildman–Crippen MR) is 104 cm³/mol. The van der Waals surface area contributed by atoms with Gasteiger partial charge in [-0.2, -0.15) is 0 Å². The topological polar surface area (TPSA) is 59.1 Å². The Morgan fingerprint density at radius 1 is 1.28 bits per heavy atom. The van der Waals surface area contributed by atoms with Gasteiger partial charge in [-0.15, -0.1) is 11.8 Å². The minimum absolute atomic E-state index is 0.0579. The van der Waals surface area contributed by atoms with Gasteiger partial charge in [0.15, 0.2) is 10.9 Å². The average molecular weight is 375 g/mol. The van der Waals surface area contributed by atoms with Crippen molar-refractivity contribution >= 4 is 39.9 Å². The second-order valence-corrected chi connectivity index (χ2v) is 9.37. The van der Waals surface area contributed by atoms with Crippen molar-refractivity contribution in [1.29, 1.82) is 0 Å². The molecule has 0 saturated carbocycles. The normalized spacial score (nSPS) is 15.7. The molecule has 1 aliphatic carbocycles. The Bertz CT molecular complexity index is 794. The summed E-state index contributed by atoms with van der Waals surface area (Å²) in [4.78, 5) is 30.9. The number of nitrogens with zero attached hydrogens (tertiary/aromatic N) is 1. The van der Waals surface area contributed by atoms with E-state index in [4.69, 9.17) is 0 Å². The zero-order chi connectivity index (χ0) is 18.0. The third-order valence-electron chi connectivity index (χ3n) is 4.08. The summed E-state index contributed by atoms with van der Waals surface area (Å²) >= 11 is 3.08. The molecule has 0 aliphatic heterocycles. The lowest BCUT2D eigenvalue weighted by Crippen LogP contribution is -2.26. The third-order valence-corrected chi connectivity index (χ3v) is 6.03. The molecule has 0 bridgehead atoms. The van der Waals surface area contributed by atoms with Crippen molar-refractivity contribution in [3.05, 3.63) is 40.4 Å². The zero-order valence-corrected chi connectivity index (χ0v) is 16.4. The molecule has 132 valence electrons. The van der Waals surface area contributed by atoms with Crippen LogP contribution in [-0.4, -0.2) is 22.4 Å². The Morgan fingerprint density at radius 3 is 2.68 bits per heavy atom. The molecule has 0 atom stereocenters. The highest BCUT2D eigenvalue weighted by atomic mass is 32.2. The van der Waals surface area contributed by atoms with Crippen molar-refractivity contribution in [3.8, 4) is 0 Å². The van der Waals surface area contributed by atoms with Crippen LogP contribution in [0.5, 0.6) is 0 Å². The molecule has 4 nitrogen and oxygen atoms in total. The molecular weight excluding hydrogens is 352 g/mol. The first-order valence-electron chi connectivity index (χ1n) is 8.41. The number of nitrogens with one attached hydrogen (secondary N) is 1. The Labute approximate surface area is 156 Å². The fraction of sp³-hybridized carbons (Fsp3) is 0.421. The molecule has 1 aliphatic rings. The molecule has 1 amide bonds. The van der Waals surface area contributed by atoms with Crippen LogP contribution in [0.4, 0.5) is 5.13 Å². The minimum atomic E-state index is -0.103. The number of anilines is 1. The number of rotatable bonds is 5. The van der Waals surface area contributed by atoms with E-state index in [-0.39, 0.29) is 17.1 Å². The van der Waals surface area contributed by atoms with E-state index in [1.165, 1.54) is 16.2 Å². The number of Topliss-reactive ketones (excluding diaryl/α,β-unsaturated/α-hetero) is 1. The van der Waals surface area contributed by atoms with Crippen LogP contribution >= 0.6 is 23.1 Å². The summed E-state index contributed by atoms with van der Waals surface area (Å²) < 4.78 is 0. The van der Waals surface area contributed by atoms with Gasteiger partial charge >= 0.3 is 0 Å². The van der Waals surface area contributed by atoms with E-state index in [0.29, 0.717) is 22.9 Å². The monoisotopic (exact) mass is 374 g/mol. The Balaban J connectivity index is 1.65. The second kappa shape index (κ2) is 7.30. The van der Waals surface area contributed by atoms with Gasteiger partial charge < -0.3 is 5.32 Å². The predicted octanol–water partition coefficient (Wildman–Crippen LogP) is 4.59. The molecule has 0 unspecified atom stereocenters. The van der Waals surface area contributed by atoms with Crippen molar-refractivity contribution < 1.29 is 9.59 Å². The maximum absolute atomic E-state index is 12.3. The van der Waals surface area contributed by atoms with E-state index < -0.39 is 0 Å². The second-order valence-electron chi connectivity index (χ2n) is 7.04. The van der Waals surface area contributed by atoms with Crippen molar-refractivity contribution in [2.75, 3.05) is 11.1 Å². The fourth-order valence-corrected chi connectivity index (χ4v) is 4.59. The smallest absolute Gasteiger partial charge is 0.230 e. The maximum Gasteiger partial charge on any atom is 0.230 e. The molecule has 3 rings (SSSR count). The summed E-state index contributed by atoms with van der Waals surface area (Å²) in [5, 5.41) is 3.37. The number of carbonyl (C=O) groups is 2.